The van der Waals surface area contributed by atoms with Crippen LogP contribution < -0.4 is 0 Å². The van der Waals surface area contributed by atoms with Crippen molar-refractivity contribution in [3.8, 4) is 0 Å². The van der Waals surface area contributed by atoms with Gasteiger partial charge in [-0.15, -0.1) is 0 Å². The average molecular weight is 279 g/mol. The van der Waals surface area contributed by atoms with E-state index in [4.69, 9.17) is 5.53 Å². The van der Waals surface area contributed by atoms with Crippen molar-refractivity contribution in [1.29, 1.82) is 0 Å². The molecule has 0 saturated heterocycles. The molecular formula is C11H16N3Y-. The number of hydrogen-bond acceptors (Lipinski definition) is 1. The first-order chi connectivity index (χ1) is 6.31. The van der Waals surface area contributed by atoms with E-state index < -0.39 is 0 Å². The van der Waals surface area contributed by atoms with Crippen molar-refractivity contribution >= 4 is 5.69 Å². The van der Waals surface area contributed by atoms with Gasteiger partial charge in [-0.3, -0.25) is 0 Å². The molecule has 0 aromatic heterocycles. The Kier molecular flexibility index (Phi) is 10.1. The summed E-state index contributed by atoms with van der Waals surface area (Å²) in [6.07, 6.45) is 1.92. The Bertz CT molecular complexity index is 344. The van der Waals surface area contributed by atoms with E-state index in [1.807, 2.05) is 12.1 Å². The molecule has 15 heavy (non-hydrogen) atoms. The Morgan fingerprint density at radius 3 is 2.40 bits per heavy atom. The van der Waals surface area contributed by atoms with Gasteiger partial charge in [-0.2, -0.15) is 0 Å². The van der Waals surface area contributed by atoms with E-state index >= 15 is 0 Å². The summed E-state index contributed by atoms with van der Waals surface area (Å²) in [7, 11) is 0. The minimum absolute atomic E-state index is 0. The molecule has 1 radical (unpaired) electrons. The van der Waals surface area contributed by atoms with E-state index in [9.17, 15) is 0 Å². The van der Waals surface area contributed by atoms with Gasteiger partial charge in [-0.05, 0) is 29.5 Å². The van der Waals surface area contributed by atoms with Gasteiger partial charge in [0.25, 0.3) is 0 Å². The molecule has 0 atom stereocenters. The number of aryl methyl sites for hydroxylation is 2. The minimum atomic E-state index is 0. The molecule has 0 aliphatic rings. The number of azide groups is 1. The van der Waals surface area contributed by atoms with Crippen LogP contribution in [0.5, 0.6) is 0 Å². The summed E-state index contributed by atoms with van der Waals surface area (Å²) >= 11 is 0. The van der Waals surface area contributed by atoms with Crippen molar-refractivity contribution in [2.75, 3.05) is 0 Å². The van der Waals surface area contributed by atoms with Gasteiger partial charge in [0, 0.05) is 43.3 Å². The van der Waals surface area contributed by atoms with Crippen LogP contribution >= 0.6 is 0 Å². The van der Waals surface area contributed by atoms with E-state index in [-0.39, 0.29) is 40.1 Å². The third-order valence-electron chi connectivity index (χ3n) is 2.09. The Hall–Kier alpha value is -0.366. The Balaban J connectivity index is 0. The summed E-state index contributed by atoms with van der Waals surface area (Å²) in [5.74, 6) is 0. The van der Waals surface area contributed by atoms with Crippen molar-refractivity contribution in [3.63, 3.8) is 0 Å². The van der Waals surface area contributed by atoms with Gasteiger partial charge in [0.15, 0.2) is 0 Å². The van der Waals surface area contributed by atoms with Gasteiger partial charge in [0.05, 0.1) is 0 Å². The second-order valence-electron chi connectivity index (χ2n) is 2.86. The van der Waals surface area contributed by atoms with Gasteiger partial charge in [-0.1, -0.05) is 37.2 Å². The molecule has 0 N–H and O–H groups in total. The minimum Gasteiger partial charge on any atom is -0.358 e. The topological polar surface area (TPSA) is 48.8 Å². The summed E-state index contributed by atoms with van der Waals surface area (Å²) in [4.78, 5) is 2.80. The van der Waals surface area contributed by atoms with Gasteiger partial charge in [0.1, 0.15) is 0 Å². The van der Waals surface area contributed by atoms with Crippen LogP contribution in [-0.4, -0.2) is 0 Å². The predicted molar refractivity (Wildman–Crippen MR) is 60.4 cm³/mol. The Morgan fingerprint density at radius 2 is 1.93 bits per heavy atom. The largest absolute Gasteiger partial charge is 0.358 e. The number of benzene rings is 1. The SMILES string of the molecule is CCc1ccc(N=[N+]=[N-])c(CC)c1.[CH3-].[Y]. The Labute approximate surface area is 117 Å². The van der Waals surface area contributed by atoms with E-state index in [1.54, 1.807) is 0 Å². The zero-order valence-corrected chi connectivity index (χ0v) is 12.4. The molecule has 1 rings (SSSR count). The molecule has 0 heterocycles. The number of nitrogens with zero attached hydrogens (tertiary/aromatic N) is 3. The molecule has 79 valence electrons. The average Bonchev–Trinajstić information content (AvgIpc) is 2.19. The molecule has 4 heteroatoms. The van der Waals surface area contributed by atoms with Gasteiger partial charge < -0.3 is 7.43 Å². The molecule has 0 spiro atoms. The Morgan fingerprint density at radius 1 is 1.27 bits per heavy atom. The van der Waals surface area contributed by atoms with E-state index in [0.29, 0.717) is 0 Å². The van der Waals surface area contributed by atoms with Crippen molar-refractivity contribution in [2.45, 2.75) is 26.7 Å². The van der Waals surface area contributed by atoms with E-state index in [1.165, 1.54) is 5.56 Å². The number of rotatable bonds is 3. The van der Waals surface area contributed by atoms with Crippen LogP contribution in [0, 0.1) is 7.43 Å². The normalized spacial score (nSPS) is 8.13. The van der Waals surface area contributed by atoms with Crippen LogP contribution in [0.3, 0.4) is 0 Å². The quantitative estimate of drug-likeness (QED) is 0.344. The van der Waals surface area contributed by atoms with Crippen LogP contribution in [0.2, 0.25) is 0 Å². The van der Waals surface area contributed by atoms with E-state index in [0.717, 1.165) is 24.1 Å². The standard InChI is InChI=1S/C10H13N3.CH3.Y/c1-3-8-5-6-10(12-13-11)9(4-2)7-8;;/h5-7H,3-4H2,1-2H3;1H3;/q;-1;. The molecule has 0 bridgehead atoms. The predicted octanol–water partition coefficient (Wildman–Crippen LogP) is 4.20. The van der Waals surface area contributed by atoms with Crippen molar-refractivity contribution in [1.82, 2.24) is 0 Å². The summed E-state index contributed by atoms with van der Waals surface area (Å²) in [5, 5.41) is 3.63. The van der Waals surface area contributed by atoms with Gasteiger partial charge in [0.2, 0.25) is 0 Å². The van der Waals surface area contributed by atoms with Crippen LogP contribution in [0.15, 0.2) is 23.3 Å². The van der Waals surface area contributed by atoms with Crippen molar-refractivity contribution in [2.24, 2.45) is 5.11 Å². The maximum absolute atomic E-state index is 8.32. The molecule has 1 aromatic carbocycles. The maximum Gasteiger partial charge on any atom is 0.0407 e. The molecule has 0 unspecified atom stereocenters. The molecule has 1 aromatic rings. The molecule has 0 aliphatic carbocycles. The zero-order chi connectivity index (χ0) is 9.68. The van der Waals surface area contributed by atoms with Crippen LogP contribution in [0.25, 0.3) is 10.4 Å². The fraction of sp³-hybridized carbons (Fsp3) is 0.364. The molecule has 0 fully saturated rings. The smallest absolute Gasteiger partial charge is 0.0407 e. The fourth-order valence-corrected chi connectivity index (χ4v) is 1.29. The molecule has 3 nitrogen and oxygen atoms in total. The van der Waals surface area contributed by atoms with Crippen LogP contribution in [-0.2, 0) is 45.6 Å². The van der Waals surface area contributed by atoms with Crippen molar-refractivity contribution < 1.29 is 32.7 Å². The monoisotopic (exact) mass is 279 g/mol. The summed E-state index contributed by atoms with van der Waals surface area (Å²) in [6, 6.07) is 5.99. The third-order valence-corrected chi connectivity index (χ3v) is 2.09. The molecule has 0 amide bonds. The summed E-state index contributed by atoms with van der Waals surface area (Å²) in [6.45, 7) is 4.17. The first kappa shape index (κ1) is 17.0. The zero-order valence-electron chi connectivity index (χ0n) is 9.57. The van der Waals surface area contributed by atoms with E-state index in [2.05, 4.69) is 29.9 Å². The molecule has 0 aliphatic heterocycles. The van der Waals surface area contributed by atoms with Crippen molar-refractivity contribution in [3.05, 3.63) is 47.2 Å². The molecule has 0 saturated carbocycles. The fourth-order valence-electron chi connectivity index (χ4n) is 1.29. The summed E-state index contributed by atoms with van der Waals surface area (Å²) < 4.78 is 0. The summed E-state index contributed by atoms with van der Waals surface area (Å²) in [5.41, 5.74) is 11.5. The first-order valence-electron chi connectivity index (χ1n) is 4.48. The number of hydrogen-bond donors (Lipinski definition) is 0. The second kappa shape index (κ2) is 8.90. The second-order valence-corrected chi connectivity index (χ2v) is 2.86. The van der Waals surface area contributed by atoms with Gasteiger partial charge >= 0.3 is 0 Å². The molecular weight excluding hydrogens is 263 g/mol. The third kappa shape index (κ3) is 4.79. The van der Waals surface area contributed by atoms with Crippen LogP contribution in [0.4, 0.5) is 5.69 Å². The first-order valence-corrected chi connectivity index (χ1v) is 4.48. The maximum atomic E-state index is 8.32. The van der Waals surface area contributed by atoms with Gasteiger partial charge in [-0.25, -0.2) is 0 Å². The van der Waals surface area contributed by atoms with Crippen LogP contribution in [0.1, 0.15) is 25.0 Å².